The summed E-state index contributed by atoms with van der Waals surface area (Å²) in [5.74, 6) is 1.61. The molecule has 4 aromatic rings. The molecule has 3 heterocycles. The molecule has 3 N–H and O–H groups in total. The number of hydrogen-bond acceptors (Lipinski definition) is 7. The highest BCUT2D eigenvalue weighted by Gasteiger charge is 2.40. The maximum absolute atomic E-state index is 13.4. The van der Waals surface area contributed by atoms with E-state index < -0.39 is 0 Å². The summed E-state index contributed by atoms with van der Waals surface area (Å²) in [6.07, 6.45) is 6.05. The number of nitrogens with zero attached hydrogens (tertiary/aromatic N) is 4. The Morgan fingerprint density at radius 1 is 1.06 bits per heavy atom. The number of fused-ring (bicyclic) bond motifs is 2. The van der Waals surface area contributed by atoms with Crippen LogP contribution in [0.2, 0.25) is 0 Å². The maximum Gasteiger partial charge on any atom is 0.319 e. The van der Waals surface area contributed by atoms with Gasteiger partial charge in [-0.3, -0.25) is 14.1 Å². The number of carbonyl (C=O) groups excluding carboxylic acids is 2. The van der Waals surface area contributed by atoms with Crippen LogP contribution in [-0.2, 0) is 11.0 Å². The second kappa shape index (κ2) is 13.1. The van der Waals surface area contributed by atoms with Gasteiger partial charge in [0.05, 0.1) is 17.8 Å². The zero-order chi connectivity index (χ0) is 33.3. The average molecular weight is 639 g/mol. The van der Waals surface area contributed by atoms with Crippen molar-refractivity contribution < 1.29 is 19.4 Å². The summed E-state index contributed by atoms with van der Waals surface area (Å²) < 4.78 is 8.68. The molecular weight excluding hydrogens is 592 g/mol. The molecule has 2 aliphatic rings. The van der Waals surface area contributed by atoms with Crippen LogP contribution in [-0.4, -0.2) is 56.6 Å². The van der Waals surface area contributed by atoms with Crippen LogP contribution in [0.5, 0.6) is 5.75 Å². The van der Waals surface area contributed by atoms with Gasteiger partial charge in [-0.25, -0.2) is 4.79 Å². The summed E-state index contributed by atoms with van der Waals surface area (Å²) in [7, 11) is 2.14. The SMILES string of the molecule is CN1CCC[C@@]1(C)c1nnc2ccc(O[C@@H]3CC[C@H](NC(=O)Nc4cc(C(=O)CCCO)cc(C(C)(C)C)c4)c4ccccc43)cn12. The Balaban J connectivity index is 1.18. The van der Waals surface area contributed by atoms with Gasteiger partial charge in [0.15, 0.2) is 17.3 Å². The van der Waals surface area contributed by atoms with Crippen LogP contribution in [0.25, 0.3) is 5.65 Å². The van der Waals surface area contributed by atoms with E-state index in [2.05, 4.69) is 70.9 Å². The van der Waals surface area contributed by atoms with E-state index in [-0.39, 0.29) is 47.9 Å². The molecular formula is C37H46N6O4. The van der Waals surface area contributed by atoms with Crippen molar-refractivity contribution in [1.82, 2.24) is 24.8 Å². The number of rotatable bonds is 9. The minimum absolute atomic E-state index is 0.0392. The fourth-order valence-electron chi connectivity index (χ4n) is 6.88. The van der Waals surface area contributed by atoms with Crippen molar-refractivity contribution in [2.45, 2.75) is 89.3 Å². The van der Waals surface area contributed by atoms with Gasteiger partial charge in [-0.15, -0.1) is 10.2 Å². The maximum atomic E-state index is 13.4. The molecule has 2 amide bonds. The molecule has 1 aliphatic heterocycles. The van der Waals surface area contributed by atoms with Gasteiger partial charge in [-0.05, 0) is 105 Å². The number of pyridine rings is 1. The van der Waals surface area contributed by atoms with Gasteiger partial charge in [0, 0.05) is 24.3 Å². The van der Waals surface area contributed by atoms with Crippen LogP contribution in [0.4, 0.5) is 10.5 Å². The lowest BCUT2D eigenvalue weighted by Gasteiger charge is -2.32. The lowest BCUT2D eigenvalue weighted by atomic mass is 9.85. The largest absolute Gasteiger partial charge is 0.484 e. The summed E-state index contributed by atoms with van der Waals surface area (Å²) in [5, 5.41) is 24.4. The first-order valence-corrected chi connectivity index (χ1v) is 16.7. The Hall–Kier alpha value is -4.28. The van der Waals surface area contributed by atoms with Gasteiger partial charge >= 0.3 is 6.03 Å². The molecule has 6 rings (SSSR count). The van der Waals surface area contributed by atoms with Crippen LogP contribution in [0.15, 0.2) is 60.8 Å². The van der Waals surface area contributed by atoms with Crippen molar-refractivity contribution in [3.8, 4) is 5.75 Å². The van der Waals surface area contributed by atoms with E-state index in [1.165, 1.54) is 0 Å². The number of ketones is 1. The number of anilines is 1. The number of likely N-dealkylation sites (tertiary alicyclic amines) is 1. The highest BCUT2D eigenvalue weighted by molar-refractivity contribution is 5.98. The van der Waals surface area contributed by atoms with Crippen molar-refractivity contribution in [2.24, 2.45) is 0 Å². The molecule has 3 atom stereocenters. The van der Waals surface area contributed by atoms with E-state index in [1.807, 2.05) is 48.7 Å². The minimum atomic E-state index is -0.333. The fraction of sp³-hybridized carbons (Fsp3) is 0.459. The quantitative estimate of drug-likeness (QED) is 0.175. The lowest BCUT2D eigenvalue weighted by Crippen LogP contribution is -2.37. The molecule has 10 heteroatoms. The summed E-state index contributed by atoms with van der Waals surface area (Å²) >= 11 is 0. The molecule has 0 spiro atoms. The predicted molar refractivity (Wildman–Crippen MR) is 182 cm³/mol. The van der Waals surface area contributed by atoms with Gasteiger partial charge in [-0.1, -0.05) is 45.0 Å². The van der Waals surface area contributed by atoms with E-state index in [4.69, 9.17) is 4.74 Å². The van der Waals surface area contributed by atoms with E-state index in [9.17, 15) is 14.7 Å². The summed E-state index contributed by atoms with van der Waals surface area (Å²) in [4.78, 5) is 28.6. The number of nitrogens with one attached hydrogen (secondary N) is 2. The molecule has 2 aromatic heterocycles. The Labute approximate surface area is 276 Å². The lowest BCUT2D eigenvalue weighted by molar-refractivity contribution is 0.0971. The number of benzene rings is 2. The van der Waals surface area contributed by atoms with Crippen LogP contribution in [0, 0.1) is 0 Å². The van der Waals surface area contributed by atoms with E-state index in [0.29, 0.717) is 24.1 Å². The van der Waals surface area contributed by atoms with E-state index in [1.54, 1.807) is 6.07 Å². The van der Waals surface area contributed by atoms with Gasteiger partial charge in [0.1, 0.15) is 11.9 Å². The van der Waals surface area contributed by atoms with E-state index >= 15 is 0 Å². The average Bonchev–Trinajstić information content (AvgIpc) is 3.63. The van der Waals surface area contributed by atoms with Crippen LogP contribution >= 0.6 is 0 Å². The molecule has 1 fully saturated rings. The number of hydrogen-bond donors (Lipinski definition) is 3. The van der Waals surface area contributed by atoms with Crippen LogP contribution in [0.1, 0.15) is 111 Å². The van der Waals surface area contributed by atoms with Gasteiger partial charge in [-0.2, -0.15) is 0 Å². The van der Waals surface area contributed by atoms with Crippen molar-refractivity contribution in [3.63, 3.8) is 0 Å². The Bertz CT molecular complexity index is 1780. The fourth-order valence-corrected chi connectivity index (χ4v) is 6.88. The zero-order valence-corrected chi connectivity index (χ0v) is 28.0. The van der Waals surface area contributed by atoms with Crippen molar-refractivity contribution in [1.29, 1.82) is 0 Å². The summed E-state index contributed by atoms with van der Waals surface area (Å²) in [6.45, 7) is 9.44. The second-order valence-electron chi connectivity index (χ2n) is 14.2. The monoisotopic (exact) mass is 638 g/mol. The zero-order valence-electron chi connectivity index (χ0n) is 28.0. The molecule has 1 saturated heterocycles. The molecule has 10 nitrogen and oxygen atoms in total. The molecule has 47 heavy (non-hydrogen) atoms. The molecule has 1 aliphatic carbocycles. The van der Waals surface area contributed by atoms with Crippen LogP contribution < -0.4 is 15.4 Å². The number of aliphatic hydroxyl groups excluding tert-OH is 1. The summed E-state index contributed by atoms with van der Waals surface area (Å²) in [5.41, 5.74) is 4.51. The van der Waals surface area contributed by atoms with Crippen LogP contribution in [0.3, 0.4) is 0 Å². The third-order valence-corrected chi connectivity index (χ3v) is 9.82. The minimum Gasteiger partial charge on any atom is -0.484 e. The summed E-state index contributed by atoms with van der Waals surface area (Å²) in [6, 6.07) is 17.0. The molecule has 0 radical (unpaired) electrons. The highest BCUT2D eigenvalue weighted by atomic mass is 16.5. The number of amides is 2. The second-order valence-corrected chi connectivity index (χ2v) is 14.2. The van der Waals surface area contributed by atoms with Gasteiger partial charge in [0.25, 0.3) is 0 Å². The Kier molecular flexibility index (Phi) is 9.09. The normalized spacial score (nSPS) is 21.4. The molecule has 248 valence electrons. The number of ether oxygens (including phenoxy) is 1. The van der Waals surface area contributed by atoms with Crippen molar-refractivity contribution >= 4 is 23.1 Å². The smallest absolute Gasteiger partial charge is 0.319 e. The molecule has 0 bridgehead atoms. The molecule has 0 unspecified atom stereocenters. The van der Waals surface area contributed by atoms with Gasteiger partial charge < -0.3 is 20.5 Å². The topological polar surface area (TPSA) is 121 Å². The van der Waals surface area contributed by atoms with Crippen molar-refractivity contribution in [3.05, 3.63) is 88.9 Å². The first-order valence-electron chi connectivity index (χ1n) is 16.7. The first kappa shape index (κ1) is 32.7. The first-order chi connectivity index (χ1) is 22.5. The number of urea groups is 1. The predicted octanol–water partition coefficient (Wildman–Crippen LogP) is 6.70. The standard InChI is InChI=1S/C37H46N6O4/c1-36(2,3)25-20-24(31(45)12-8-19-44)21-26(22-25)38-35(46)39-30-14-15-32(29-11-7-6-10-28(29)30)47-27-13-16-33-40-41-34(43(33)23-27)37(4)17-9-18-42(37)5/h6-7,10-11,13,16,20-23,30,32,44H,8-9,12,14-15,17-19H2,1-5H3,(H2,38,39,46)/t30-,32+,37-/m0/s1. The number of carbonyl (C=O) groups is 2. The molecule has 2 aromatic carbocycles. The third kappa shape index (κ3) is 6.75. The Morgan fingerprint density at radius 3 is 2.57 bits per heavy atom. The number of aliphatic hydroxyl groups is 1. The van der Waals surface area contributed by atoms with Crippen molar-refractivity contribution in [2.75, 3.05) is 25.5 Å². The molecule has 0 saturated carbocycles. The Morgan fingerprint density at radius 2 is 1.85 bits per heavy atom. The number of aromatic nitrogens is 3. The van der Waals surface area contributed by atoms with Gasteiger partial charge in [0.2, 0.25) is 0 Å². The van der Waals surface area contributed by atoms with E-state index in [0.717, 1.165) is 59.7 Å². The number of Topliss-reactive ketones (excluding diaryl/α,β-unsaturated/α-hetero) is 1. The third-order valence-electron chi connectivity index (χ3n) is 9.82. The highest BCUT2D eigenvalue weighted by Crippen LogP contribution is 2.40.